The van der Waals surface area contributed by atoms with Crippen LogP contribution in [0.4, 0.5) is 11.9 Å². The number of hydrogen-bond acceptors (Lipinski definition) is 5. The number of nitrogens with one attached hydrogen (secondary N) is 2. The van der Waals surface area contributed by atoms with Gasteiger partial charge in [-0.1, -0.05) is 23.7 Å². The summed E-state index contributed by atoms with van der Waals surface area (Å²) < 4.78 is 1.83. The fourth-order valence-electron chi connectivity index (χ4n) is 3.24. The number of halogens is 1. The minimum Gasteiger partial charge on any atom is -0.350 e. The Labute approximate surface area is 157 Å². The lowest BCUT2D eigenvalue weighted by atomic mass is 10.1. The maximum absolute atomic E-state index is 6.03. The molecule has 0 atom stereocenters. The van der Waals surface area contributed by atoms with Crippen molar-refractivity contribution in [1.82, 2.24) is 24.7 Å². The van der Waals surface area contributed by atoms with Gasteiger partial charge in [-0.25, -0.2) is 14.6 Å². The summed E-state index contributed by atoms with van der Waals surface area (Å²) in [6.45, 7) is 4.61. The Bertz CT molecular complexity index is 864. The molecule has 2 aromatic heterocycles. The molecule has 4 rings (SSSR count). The Morgan fingerprint density at radius 3 is 2.85 bits per heavy atom. The summed E-state index contributed by atoms with van der Waals surface area (Å²) in [6.07, 6.45) is 5.69. The number of imidazole rings is 1. The lowest BCUT2D eigenvalue weighted by Gasteiger charge is -2.31. The first-order valence-electron chi connectivity index (χ1n) is 8.83. The highest BCUT2D eigenvalue weighted by molar-refractivity contribution is 6.30. The second-order valence-corrected chi connectivity index (χ2v) is 7.13. The first-order chi connectivity index (χ1) is 12.7. The van der Waals surface area contributed by atoms with Crippen LogP contribution >= 0.6 is 11.6 Å². The molecule has 0 bridgehead atoms. The van der Waals surface area contributed by atoms with Gasteiger partial charge in [-0.15, -0.1) is 5.10 Å². The number of hydrogen-bond donors (Lipinski definition) is 2. The molecule has 0 unspecified atom stereocenters. The van der Waals surface area contributed by atoms with Gasteiger partial charge in [0.15, 0.2) is 0 Å². The molecule has 3 aromatic rings. The van der Waals surface area contributed by atoms with E-state index in [1.54, 1.807) is 6.33 Å². The molecule has 0 radical (unpaired) electrons. The lowest BCUT2D eigenvalue weighted by Crippen LogP contribution is -2.39. The Hall–Kier alpha value is -2.54. The Kier molecular flexibility index (Phi) is 4.79. The van der Waals surface area contributed by atoms with Crippen LogP contribution in [-0.2, 0) is 6.54 Å². The third-order valence-electron chi connectivity index (χ3n) is 4.59. The van der Waals surface area contributed by atoms with Gasteiger partial charge in [-0.2, -0.15) is 0 Å². The molecule has 1 aliphatic rings. The van der Waals surface area contributed by atoms with Crippen molar-refractivity contribution in [2.45, 2.75) is 32.4 Å². The molecule has 0 amide bonds. The SMILES string of the molecule is Cc1cnc(N2CCC(Nc3ncn(Cc4cccc(Cl)c4)n3)CC2)[nH]1. The molecule has 1 saturated heterocycles. The number of H-pyrrole nitrogens is 1. The van der Waals surface area contributed by atoms with Crippen molar-refractivity contribution < 1.29 is 0 Å². The molecule has 26 heavy (non-hydrogen) atoms. The summed E-state index contributed by atoms with van der Waals surface area (Å²) in [6, 6.07) is 8.18. The van der Waals surface area contributed by atoms with Gasteiger partial charge in [-0.3, -0.25) is 0 Å². The number of aromatic amines is 1. The maximum atomic E-state index is 6.03. The van der Waals surface area contributed by atoms with Crippen LogP contribution in [0.2, 0.25) is 5.02 Å². The summed E-state index contributed by atoms with van der Waals surface area (Å²) in [5, 5.41) is 8.71. The Balaban J connectivity index is 1.31. The van der Waals surface area contributed by atoms with Gasteiger partial charge >= 0.3 is 0 Å². The number of nitrogens with zero attached hydrogens (tertiary/aromatic N) is 5. The fourth-order valence-corrected chi connectivity index (χ4v) is 3.45. The van der Waals surface area contributed by atoms with Gasteiger partial charge < -0.3 is 15.2 Å². The normalized spacial score (nSPS) is 15.4. The molecule has 1 aromatic carbocycles. The smallest absolute Gasteiger partial charge is 0.242 e. The summed E-state index contributed by atoms with van der Waals surface area (Å²) in [7, 11) is 0. The van der Waals surface area contributed by atoms with Crippen LogP contribution in [0.25, 0.3) is 0 Å². The zero-order valence-corrected chi connectivity index (χ0v) is 15.4. The number of aromatic nitrogens is 5. The van der Waals surface area contributed by atoms with Gasteiger partial charge in [0.25, 0.3) is 0 Å². The molecule has 0 saturated carbocycles. The van der Waals surface area contributed by atoms with E-state index in [1.807, 2.05) is 42.1 Å². The summed E-state index contributed by atoms with van der Waals surface area (Å²) in [5.41, 5.74) is 2.20. The van der Waals surface area contributed by atoms with Gasteiger partial charge in [0.05, 0.1) is 6.54 Å². The molecule has 1 fully saturated rings. The first kappa shape index (κ1) is 16.9. The van der Waals surface area contributed by atoms with Crippen LogP contribution in [0.1, 0.15) is 24.1 Å². The second-order valence-electron chi connectivity index (χ2n) is 6.69. The molecule has 3 heterocycles. The van der Waals surface area contributed by atoms with E-state index in [1.165, 1.54) is 0 Å². The van der Waals surface area contributed by atoms with Crippen molar-refractivity contribution in [2.75, 3.05) is 23.3 Å². The largest absolute Gasteiger partial charge is 0.350 e. The van der Waals surface area contributed by atoms with Gasteiger partial charge in [0.1, 0.15) is 6.33 Å². The van der Waals surface area contributed by atoms with Gasteiger partial charge in [-0.05, 0) is 37.5 Å². The number of aryl methyl sites for hydroxylation is 1. The summed E-state index contributed by atoms with van der Waals surface area (Å²) >= 11 is 6.03. The van der Waals surface area contributed by atoms with Crippen LogP contribution < -0.4 is 10.2 Å². The van der Waals surface area contributed by atoms with Crippen LogP contribution in [0.15, 0.2) is 36.8 Å². The molecular formula is C18H22ClN7. The molecular weight excluding hydrogens is 350 g/mol. The van der Waals surface area contributed by atoms with Crippen molar-refractivity contribution in [3.63, 3.8) is 0 Å². The quantitative estimate of drug-likeness (QED) is 0.720. The molecule has 2 N–H and O–H groups in total. The van der Waals surface area contributed by atoms with Crippen LogP contribution in [0.5, 0.6) is 0 Å². The minimum absolute atomic E-state index is 0.379. The van der Waals surface area contributed by atoms with Crippen molar-refractivity contribution in [2.24, 2.45) is 0 Å². The van der Waals surface area contributed by atoms with E-state index in [9.17, 15) is 0 Å². The van der Waals surface area contributed by atoms with E-state index in [0.717, 1.165) is 48.2 Å². The van der Waals surface area contributed by atoms with Gasteiger partial charge in [0, 0.05) is 36.0 Å². The van der Waals surface area contributed by atoms with E-state index in [-0.39, 0.29) is 0 Å². The lowest BCUT2D eigenvalue weighted by molar-refractivity contribution is 0.517. The van der Waals surface area contributed by atoms with E-state index in [0.29, 0.717) is 18.5 Å². The van der Waals surface area contributed by atoms with E-state index < -0.39 is 0 Å². The van der Waals surface area contributed by atoms with Crippen molar-refractivity contribution in [1.29, 1.82) is 0 Å². The standard InChI is InChI=1S/C18H22ClN7/c1-13-10-20-18(22-13)25-7-5-16(6-8-25)23-17-21-12-26(24-17)11-14-3-2-4-15(19)9-14/h2-4,9-10,12,16H,5-8,11H2,1H3,(H,20,22)(H,23,24). The maximum Gasteiger partial charge on any atom is 0.242 e. The summed E-state index contributed by atoms with van der Waals surface area (Å²) in [4.78, 5) is 14.4. The third kappa shape index (κ3) is 3.99. The van der Waals surface area contributed by atoms with E-state index in [4.69, 9.17) is 11.6 Å². The number of rotatable bonds is 5. The highest BCUT2D eigenvalue weighted by Crippen LogP contribution is 2.19. The van der Waals surface area contributed by atoms with E-state index >= 15 is 0 Å². The van der Waals surface area contributed by atoms with Crippen molar-refractivity contribution in [3.05, 3.63) is 53.1 Å². The average Bonchev–Trinajstić information content (AvgIpc) is 3.25. The monoisotopic (exact) mass is 371 g/mol. The Morgan fingerprint density at radius 2 is 2.12 bits per heavy atom. The molecule has 8 heteroatoms. The first-order valence-corrected chi connectivity index (χ1v) is 9.20. The zero-order chi connectivity index (χ0) is 17.9. The molecule has 1 aliphatic heterocycles. The number of benzene rings is 1. The molecule has 7 nitrogen and oxygen atoms in total. The number of anilines is 2. The van der Waals surface area contributed by atoms with Crippen LogP contribution in [0, 0.1) is 6.92 Å². The van der Waals surface area contributed by atoms with Gasteiger partial charge in [0.2, 0.25) is 11.9 Å². The topological polar surface area (TPSA) is 74.7 Å². The Morgan fingerprint density at radius 1 is 1.27 bits per heavy atom. The van der Waals surface area contributed by atoms with Crippen LogP contribution in [0.3, 0.4) is 0 Å². The highest BCUT2D eigenvalue weighted by Gasteiger charge is 2.21. The van der Waals surface area contributed by atoms with Crippen molar-refractivity contribution >= 4 is 23.5 Å². The number of piperidine rings is 1. The fraction of sp³-hybridized carbons (Fsp3) is 0.389. The molecule has 0 spiro atoms. The predicted molar refractivity (Wildman–Crippen MR) is 103 cm³/mol. The molecule has 136 valence electrons. The third-order valence-corrected chi connectivity index (χ3v) is 4.82. The predicted octanol–water partition coefficient (Wildman–Crippen LogP) is 3.09. The van der Waals surface area contributed by atoms with Crippen LogP contribution in [-0.4, -0.2) is 43.9 Å². The van der Waals surface area contributed by atoms with E-state index in [2.05, 4.69) is 30.3 Å². The minimum atomic E-state index is 0.379. The highest BCUT2D eigenvalue weighted by atomic mass is 35.5. The second kappa shape index (κ2) is 7.37. The average molecular weight is 372 g/mol. The molecule has 0 aliphatic carbocycles. The zero-order valence-electron chi connectivity index (χ0n) is 14.7. The summed E-state index contributed by atoms with van der Waals surface area (Å²) in [5.74, 6) is 1.64. The van der Waals surface area contributed by atoms with Crippen molar-refractivity contribution in [3.8, 4) is 0 Å².